The van der Waals surface area contributed by atoms with E-state index in [2.05, 4.69) is 14.7 Å². The minimum atomic E-state index is -0.380. The molecular weight excluding hydrogens is 208 g/mol. The fourth-order valence-corrected chi connectivity index (χ4v) is 1.39. The Kier molecular flexibility index (Phi) is 2.59. The first-order valence-electron chi connectivity index (χ1n) is 4.67. The van der Waals surface area contributed by atoms with Gasteiger partial charge in [0.2, 0.25) is 0 Å². The largest absolute Gasteiger partial charge is 0.465 e. The number of benzene rings is 1. The van der Waals surface area contributed by atoms with E-state index in [1.165, 1.54) is 7.11 Å². The van der Waals surface area contributed by atoms with Gasteiger partial charge in [0.25, 0.3) is 0 Å². The normalized spacial score (nSPS) is 10.1. The molecular formula is C11H10N2O3. The number of aromatic amines is 2. The van der Waals surface area contributed by atoms with E-state index < -0.39 is 0 Å². The molecule has 0 saturated carbocycles. The smallest absolute Gasteiger partial charge is 0.337 e. The average Bonchev–Trinajstić information content (AvgIpc) is 2.75. The predicted molar refractivity (Wildman–Crippen MR) is 58.2 cm³/mol. The summed E-state index contributed by atoms with van der Waals surface area (Å²) in [7, 11) is 1.33. The van der Waals surface area contributed by atoms with Gasteiger partial charge in [-0.2, -0.15) is 0 Å². The lowest BCUT2D eigenvalue weighted by Gasteiger charge is -2.00. The second kappa shape index (κ2) is 4.06. The lowest BCUT2D eigenvalue weighted by atomic mass is 10.1. The maximum absolute atomic E-state index is 11.2. The first kappa shape index (κ1) is 10.2. The summed E-state index contributed by atoms with van der Waals surface area (Å²) in [5, 5.41) is 0. The van der Waals surface area contributed by atoms with Crippen molar-refractivity contribution in [2.75, 3.05) is 7.11 Å². The Morgan fingerprint density at radius 2 is 1.94 bits per heavy atom. The number of methoxy groups -OCH3 is 1. The lowest BCUT2D eigenvalue weighted by Crippen LogP contribution is -2.01. The Hall–Kier alpha value is -2.30. The van der Waals surface area contributed by atoms with Crippen LogP contribution in [0.15, 0.2) is 35.3 Å². The molecule has 0 bridgehead atoms. The standard InChI is InChI=1S/C11H10N2O3/c1-16-10(14)8-4-2-7(3-5-8)9-6-12-11(15)13-9/h2-6H,1H3,(H2,12,13,15). The van der Waals surface area contributed by atoms with Crippen LogP contribution in [-0.4, -0.2) is 23.0 Å². The van der Waals surface area contributed by atoms with Gasteiger partial charge in [-0.15, -0.1) is 0 Å². The number of esters is 1. The van der Waals surface area contributed by atoms with E-state index in [0.717, 1.165) is 5.56 Å². The number of H-pyrrole nitrogens is 2. The number of rotatable bonds is 2. The van der Waals surface area contributed by atoms with Gasteiger partial charge in [0, 0.05) is 6.20 Å². The summed E-state index contributed by atoms with van der Waals surface area (Å²) in [5.74, 6) is -0.380. The third kappa shape index (κ3) is 1.88. The van der Waals surface area contributed by atoms with Crippen LogP contribution < -0.4 is 5.69 Å². The molecule has 0 radical (unpaired) electrons. The van der Waals surface area contributed by atoms with Crippen LogP contribution in [0.5, 0.6) is 0 Å². The van der Waals surface area contributed by atoms with Crippen molar-refractivity contribution in [2.24, 2.45) is 0 Å². The summed E-state index contributed by atoms with van der Waals surface area (Å²) in [5.41, 5.74) is 1.73. The van der Waals surface area contributed by atoms with E-state index in [1.807, 2.05) is 0 Å². The van der Waals surface area contributed by atoms with Gasteiger partial charge in [-0.3, -0.25) is 0 Å². The van der Waals surface area contributed by atoms with Crippen LogP contribution in [-0.2, 0) is 4.74 Å². The summed E-state index contributed by atoms with van der Waals surface area (Å²) >= 11 is 0. The van der Waals surface area contributed by atoms with Crippen molar-refractivity contribution in [1.29, 1.82) is 0 Å². The van der Waals surface area contributed by atoms with Crippen molar-refractivity contribution in [3.8, 4) is 11.3 Å². The molecule has 1 aromatic carbocycles. The molecule has 1 aromatic heterocycles. The highest BCUT2D eigenvalue weighted by atomic mass is 16.5. The minimum absolute atomic E-state index is 0.257. The topological polar surface area (TPSA) is 75.0 Å². The van der Waals surface area contributed by atoms with Crippen molar-refractivity contribution < 1.29 is 9.53 Å². The molecule has 82 valence electrons. The molecule has 0 atom stereocenters. The third-order valence-electron chi connectivity index (χ3n) is 2.21. The second-order valence-corrected chi connectivity index (χ2v) is 3.23. The van der Waals surface area contributed by atoms with Crippen LogP contribution in [0, 0.1) is 0 Å². The molecule has 0 fully saturated rings. The molecule has 5 nitrogen and oxygen atoms in total. The first-order chi connectivity index (χ1) is 7.70. The number of hydrogen-bond acceptors (Lipinski definition) is 3. The minimum Gasteiger partial charge on any atom is -0.465 e. The van der Waals surface area contributed by atoms with E-state index in [9.17, 15) is 9.59 Å². The number of aromatic nitrogens is 2. The highest BCUT2D eigenvalue weighted by Gasteiger charge is 2.05. The van der Waals surface area contributed by atoms with E-state index in [0.29, 0.717) is 11.3 Å². The summed E-state index contributed by atoms with van der Waals surface area (Å²) < 4.78 is 4.58. The van der Waals surface area contributed by atoms with Gasteiger partial charge < -0.3 is 14.7 Å². The van der Waals surface area contributed by atoms with Gasteiger partial charge in [0.15, 0.2) is 0 Å². The summed E-state index contributed by atoms with van der Waals surface area (Å²) in [6.07, 6.45) is 1.58. The Bertz CT molecular complexity index is 551. The van der Waals surface area contributed by atoms with Crippen LogP contribution in [0.2, 0.25) is 0 Å². The number of ether oxygens (including phenoxy) is 1. The van der Waals surface area contributed by atoms with Gasteiger partial charge in [-0.1, -0.05) is 12.1 Å². The van der Waals surface area contributed by atoms with E-state index in [4.69, 9.17) is 0 Å². The van der Waals surface area contributed by atoms with Crippen molar-refractivity contribution in [3.63, 3.8) is 0 Å². The van der Waals surface area contributed by atoms with Crippen molar-refractivity contribution in [1.82, 2.24) is 9.97 Å². The monoisotopic (exact) mass is 218 g/mol. The van der Waals surface area contributed by atoms with Crippen LogP contribution >= 0.6 is 0 Å². The van der Waals surface area contributed by atoms with E-state index in [1.54, 1.807) is 30.5 Å². The third-order valence-corrected chi connectivity index (χ3v) is 2.21. The number of nitrogens with one attached hydrogen (secondary N) is 2. The predicted octanol–water partition coefficient (Wildman–Crippen LogP) is 1.16. The molecule has 5 heteroatoms. The second-order valence-electron chi connectivity index (χ2n) is 3.23. The van der Waals surface area contributed by atoms with Crippen molar-refractivity contribution >= 4 is 5.97 Å². The summed E-state index contributed by atoms with van der Waals surface area (Å²) in [6.45, 7) is 0. The van der Waals surface area contributed by atoms with Gasteiger partial charge in [0.1, 0.15) is 0 Å². The van der Waals surface area contributed by atoms with E-state index >= 15 is 0 Å². The molecule has 1 heterocycles. The lowest BCUT2D eigenvalue weighted by molar-refractivity contribution is 0.0601. The van der Waals surface area contributed by atoms with Crippen LogP contribution in [0.4, 0.5) is 0 Å². The Labute approximate surface area is 91.1 Å². The molecule has 0 saturated heterocycles. The summed E-state index contributed by atoms with van der Waals surface area (Å²) in [6, 6.07) is 6.77. The van der Waals surface area contributed by atoms with Gasteiger partial charge in [0.05, 0.1) is 18.4 Å². The van der Waals surface area contributed by atoms with Gasteiger partial charge in [-0.25, -0.2) is 9.59 Å². The van der Waals surface area contributed by atoms with Gasteiger partial charge >= 0.3 is 11.7 Å². The molecule has 0 aliphatic rings. The molecule has 0 aliphatic carbocycles. The van der Waals surface area contributed by atoms with Crippen molar-refractivity contribution in [3.05, 3.63) is 46.5 Å². The Balaban J connectivity index is 2.32. The average molecular weight is 218 g/mol. The van der Waals surface area contributed by atoms with Crippen molar-refractivity contribution in [2.45, 2.75) is 0 Å². The van der Waals surface area contributed by atoms with Crippen LogP contribution in [0.1, 0.15) is 10.4 Å². The molecule has 0 amide bonds. The SMILES string of the molecule is COC(=O)c1ccc(-c2c[nH]c(=O)[nH]2)cc1. The highest BCUT2D eigenvalue weighted by Crippen LogP contribution is 2.15. The zero-order valence-electron chi connectivity index (χ0n) is 8.61. The fourth-order valence-electron chi connectivity index (χ4n) is 1.39. The molecule has 0 unspecified atom stereocenters. The first-order valence-corrected chi connectivity index (χ1v) is 4.67. The zero-order chi connectivity index (χ0) is 11.5. The molecule has 16 heavy (non-hydrogen) atoms. The van der Waals surface area contributed by atoms with Crippen LogP contribution in [0.25, 0.3) is 11.3 Å². The Morgan fingerprint density at radius 1 is 1.25 bits per heavy atom. The number of imidazole rings is 1. The van der Waals surface area contributed by atoms with Crippen LogP contribution in [0.3, 0.4) is 0 Å². The highest BCUT2D eigenvalue weighted by molar-refractivity contribution is 5.89. The molecule has 2 rings (SSSR count). The molecule has 0 aliphatic heterocycles. The quantitative estimate of drug-likeness (QED) is 0.742. The number of carbonyl (C=O) groups is 1. The fraction of sp³-hybridized carbons (Fsp3) is 0.0909. The maximum Gasteiger partial charge on any atom is 0.337 e. The maximum atomic E-state index is 11.2. The zero-order valence-corrected chi connectivity index (χ0v) is 8.61. The molecule has 2 aromatic rings. The number of carbonyl (C=O) groups excluding carboxylic acids is 1. The Morgan fingerprint density at radius 3 is 2.44 bits per heavy atom. The van der Waals surface area contributed by atoms with E-state index in [-0.39, 0.29) is 11.7 Å². The molecule has 0 spiro atoms. The van der Waals surface area contributed by atoms with Gasteiger partial charge in [-0.05, 0) is 17.7 Å². The summed E-state index contributed by atoms with van der Waals surface area (Å²) in [4.78, 5) is 27.2. The molecule has 2 N–H and O–H groups in total. The number of hydrogen-bond donors (Lipinski definition) is 2.